The molecule has 0 atom stereocenters. The van der Waals surface area contributed by atoms with E-state index in [-0.39, 0.29) is 10.7 Å². The third-order valence-electron chi connectivity index (χ3n) is 3.76. The Morgan fingerprint density at radius 2 is 1.72 bits per heavy atom. The van der Waals surface area contributed by atoms with Crippen molar-refractivity contribution < 1.29 is 18.0 Å². The standard InChI is InChI=1S/C18H20N2O4S/c1-12-7-8-17(9-13(12)2)25(23,24)19-11-18(22)20-16-6-4-5-15(10-16)14(3)21/h4-10,19H,11H2,1-3H3,(H,20,22). The summed E-state index contributed by atoms with van der Waals surface area (Å²) in [5, 5.41) is 2.56. The number of amides is 1. The van der Waals surface area contributed by atoms with Gasteiger partial charge in [-0.25, -0.2) is 13.1 Å². The molecule has 25 heavy (non-hydrogen) atoms. The summed E-state index contributed by atoms with van der Waals surface area (Å²) in [5.74, 6) is -0.639. The first kappa shape index (κ1) is 18.8. The SMILES string of the molecule is CC(=O)c1cccc(NC(=O)CNS(=O)(=O)c2ccc(C)c(C)c2)c1. The van der Waals surface area contributed by atoms with Gasteiger partial charge >= 0.3 is 0 Å². The lowest BCUT2D eigenvalue weighted by atomic mass is 10.1. The van der Waals surface area contributed by atoms with Gasteiger partial charge in [0.25, 0.3) is 0 Å². The van der Waals surface area contributed by atoms with Crippen molar-refractivity contribution in [3.05, 3.63) is 59.2 Å². The van der Waals surface area contributed by atoms with Crippen LogP contribution in [0.25, 0.3) is 0 Å². The zero-order chi connectivity index (χ0) is 18.6. The van der Waals surface area contributed by atoms with Crippen LogP contribution in [-0.4, -0.2) is 26.7 Å². The maximum absolute atomic E-state index is 12.3. The van der Waals surface area contributed by atoms with Crippen LogP contribution in [0.3, 0.4) is 0 Å². The second-order valence-corrected chi connectivity index (χ2v) is 7.52. The summed E-state index contributed by atoms with van der Waals surface area (Å²) in [5.41, 5.74) is 2.74. The number of rotatable bonds is 6. The third-order valence-corrected chi connectivity index (χ3v) is 5.16. The van der Waals surface area contributed by atoms with Gasteiger partial charge in [0.15, 0.2) is 5.78 Å². The van der Waals surface area contributed by atoms with Crippen LogP contribution in [0.1, 0.15) is 28.4 Å². The smallest absolute Gasteiger partial charge is 0.241 e. The van der Waals surface area contributed by atoms with Crippen LogP contribution in [0.5, 0.6) is 0 Å². The first-order chi connectivity index (χ1) is 11.7. The van der Waals surface area contributed by atoms with Crippen molar-refractivity contribution in [2.24, 2.45) is 0 Å². The molecule has 0 aliphatic rings. The molecule has 132 valence electrons. The maximum atomic E-state index is 12.3. The van der Waals surface area contributed by atoms with Crippen molar-refractivity contribution in [3.8, 4) is 0 Å². The van der Waals surface area contributed by atoms with E-state index in [0.29, 0.717) is 11.3 Å². The first-order valence-electron chi connectivity index (χ1n) is 7.67. The van der Waals surface area contributed by atoms with Gasteiger partial charge < -0.3 is 5.32 Å². The molecule has 0 saturated heterocycles. The molecule has 0 aromatic heterocycles. The summed E-state index contributed by atoms with van der Waals surface area (Å²) >= 11 is 0. The average molecular weight is 360 g/mol. The number of ketones is 1. The Morgan fingerprint density at radius 1 is 1.00 bits per heavy atom. The van der Waals surface area contributed by atoms with Gasteiger partial charge in [0.1, 0.15) is 0 Å². The Bertz CT molecular complexity index is 920. The van der Waals surface area contributed by atoms with Gasteiger partial charge in [0.05, 0.1) is 11.4 Å². The largest absolute Gasteiger partial charge is 0.325 e. The van der Waals surface area contributed by atoms with Crippen LogP contribution < -0.4 is 10.0 Å². The van der Waals surface area contributed by atoms with E-state index in [1.807, 2.05) is 13.8 Å². The molecule has 0 aliphatic carbocycles. The van der Waals surface area contributed by atoms with Gasteiger partial charge in [0, 0.05) is 11.3 Å². The van der Waals surface area contributed by atoms with Crippen molar-refractivity contribution in [1.29, 1.82) is 0 Å². The van der Waals surface area contributed by atoms with Crippen LogP contribution >= 0.6 is 0 Å². The number of anilines is 1. The van der Waals surface area contributed by atoms with Gasteiger partial charge in [-0.3, -0.25) is 9.59 Å². The van der Waals surface area contributed by atoms with E-state index in [2.05, 4.69) is 10.0 Å². The lowest BCUT2D eigenvalue weighted by molar-refractivity contribution is -0.115. The normalized spacial score (nSPS) is 11.2. The molecule has 7 heteroatoms. The van der Waals surface area contributed by atoms with Crippen LogP contribution in [0.2, 0.25) is 0 Å². The molecule has 0 aliphatic heterocycles. The highest BCUT2D eigenvalue weighted by atomic mass is 32.2. The van der Waals surface area contributed by atoms with Crippen molar-refractivity contribution in [3.63, 3.8) is 0 Å². The number of benzene rings is 2. The second kappa shape index (κ2) is 7.58. The van der Waals surface area contributed by atoms with Crippen LogP contribution in [0, 0.1) is 13.8 Å². The van der Waals surface area contributed by atoms with E-state index in [0.717, 1.165) is 11.1 Å². The second-order valence-electron chi connectivity index (χ2n) is 5.76. The third kappa shape index (κ3) is 4.98. The fourth-order valence-corrected chi connectivity index (χ4v) is 3.21. The van der Waals surface area contributed by atoms with Gasteiger partial charge in [-0.1, -0.05) is 18.2 Å². The molecule has 0 unspecified atom stereocenters. The Hall–Kier alpha value is -2.51. The van der Waals surface area contributed by atoms with Crippen molar-refractivity contribution in [2.75, 3.05) is 11.9 Å². The molecule has 0 bridgehead atoms. The van der Waals surface area contributed by atoms with Gasteiger partial charge in [-0.05, 0) is 56.2 Å². The molecule has 2 aromatic carbocycles. The lowest BCUT2D eigenvalue weighted by Gasteiger charge is -2.10. The molecule has 0 heterocycles. The molecule has 2 rings (SSSR count). The number of aryl methyl sites for hydroxylation is 2. The number of hydrogen-bond acceptors (Lipinski definition) is 4. The number of sulfonamides is 1. The Morgan fingerprint density at radius 3 is 2.36 bits per heavy atom. The number of carbonyl (C=O) groups excluding carboxylic acids is 2. The molecule has 2 aromatic rings. The van der Waals surface area contributed by atoms with Crippen molar-refractivity contribution >= 4 is 27.4 Å². The predicted molar refractivity (Wildman–Crippen MR) is 96.2 cm³/mol. The van der Waals surface area contributed by atoms with E-state index in [4.69, 9.17) is 0 Å². The zero-order valence-electron chi connectivity index (χ0n) is 14.3. The Labute approximate surface area is 147 Å². The fraction of sp³-hybridized carbons (Fsp3) is 0.222. The van der Waals surface area contributed by atoms with Gasteiger partial charge in [-0.2, -0.15) is 0 Å². The van der Waals surface area contributed by atoms with Crippen LogP contribution in [0.4, 0.5) is 5.69 Å². The first-order valence-corrected chi connectivity index (χ1v) is 9.15. The summed E-state index contributed by atoms with van der Waals surface area (Å²) in [6, 6.07) is 11.2. The van der Waals surface area contributed by atoms with Gasteiger partial charge in [-0.15, -0.1) is 0 Å². The summed E-state index contributed by atoms with van der Waals surface area (Å²) in [4.78, 5) is 23.4. The minimum absolute atomic E-state index is 0.113. The highest BCUT2D eigenvalue weighted by Gasteiger charge is 2.16. The summed E-state index contributed by atoms with van der Waals surface area (Å²) < 4.78 is 26.8. The van der Waals surface area contributed by atoms with E-state index in [9.17, 15) is 18.0 Å². The minimum atomic E-state index is -3.77. The number of hydrogen-bond donors (Lipinski definition) is 2. The molecule has 0 fully saturated rings. The van der Waals surface area contributed by atoms with E-state index >= 15 is 0 Å². The van der Waals surface area contributed by atoms with E-state index < -0.39 is 22.5 Å². The predicted octanol–water partition coefficient (Wildman–Crippen LogP) is 2.42. The highest BCUT2D eigenvalue weighted by Crippen LogP contribution is 2.15. The quantitative estimate of drug-likeness (QED) is 0.774. The maximum Gasteiger partial charge on any atom is 0.241 e. The molecular formula is C18H20N2O4S. The summed E-state index contributed by atoms with van der Waals surface area (Å²) in [7, 11) is -3.77. The topological polar surface area (TPSA) is 92.3 Å². The Balaban J connectivity index is 2.02. The van der Waals surface area contributed by atoms with Crippen molar-refractivity contribution in [2.45, 2.75) is 25.7 Å². The van der Waals surface area contributed by atoms with Crippen LogP contribution in [-0.2, 0) is 14.8 Å². The fourth-order valence-electron chi connectivity index (χ4n) is 2.15. The van der Waals surface area contributed by atoms with E-state index in [1.54, 1.807) is 30.3 Å². The summed E-state index contributed by atoms with van der Waals surface area (Å²) in [6.07, 6.45) is 0. The molecule has 0 spiro atoms. The highest BCUT2D eigenvalue weighted by molar-refractivity contribution is 7.89. The molecule has 0 saturated carbocycles. The number of Topliss-reactive ketones (excluding diaryl/α,β-unsaturated/α-hetero) is 1. The molecule has 0 radical (unpaired) electrons. The lowest BCUT2D eigenvalue weighted by Crippen LogP contribution is -2.33. The van der Waals surface area contributed by atoms with Crippen LogP contribution in [0.15, 0.2) is 47.4 Å². The number of carbonyl (C=O) groups is 2. The average Bonchev–Trinajstić information content (AvgIpc) is 2.55. The monoisotopic (exact) mass is 360 g/mol. The Kier molecular flexibility index (Phi) is 5.71. The minimum Gasteiger partial charge on any atom is -0.325 e. The molecule has 1 amide bonds. The molecular weight excluding hydrogens is 340 g/mol. The molecule has 6 nitrogen and oxygen atoms in total. The van der Waals surface area contributed by atoms with E-state index in [1.165, 1.54) is 19.1 Å². The van der Waals surface area contributed by atoms with Crippen molar-refractivity contribution in [1.82, 2.24) is 4.72 Å². The van der Waals surface area contributed by atoms with Gasteiger partial charge in [0.2, 0.25) is 15.9 Å². The zero-order valence-corrected chi connectivity index (χ0v) is 15.1. The summed E-state index contributed by atoms with van der Waals surface area (Å²) in [6.45, 7) is 4.74. The number of nitrogens with one attached hydrogen (secondary N) is 2. The molecule has 2 N–H and O–H groups in total.